The third kappa shape index (κ3) is 2.12. The Hall–Kier alpha value is -0.483. The molecule has 0 unspecified atom stereocenters. The highest BCUT2D eigenvalue weighted by molar-refractivity contribution is 9.10. The van der Waals surface area contributed by atoms with Gasteiger partial charge < -0.3 is 0 Å². The minimum Gasteiger partial charge on any atom is -0.298 e. The van der Waals surface area contributed by atoms with Gasteiger partial charge in [-0.2, -0.15) is 0 Å². The summed E-state index contributed by atoms with van der Waals surface area (Å²) in [5, 5.41) is 0.682. The summed E-state index contributed by atoms with van der Waals surface area (Å²) in [6, 6.07) is 2.86. The molecule has 0 aliphatic heterocycles. The summed E-state index contributed by atoms with van der Waals surface area (Å²) >= 11 is 3.29. The Morgan fingerprint density at radius 1 is 1.36 bits per heavy atom. The number of rotatable bonds is 2. The standard InChI is InChI=1S/C10H12BrFOSi/c1-14(2,3)10-8(12)5-4-7(6-13)9(10)11/h4-6H,1-3H3. The number of benzene rings is 1. The van der Waals surface area contributed by atoms with E-state index >= 15 is 0 Å². The van der Waals surface area contributed by atoms with E-state index in [0.717, 1.165) is 6.29 Å². The predicted octanol–water partition coefficient (Wildman–Crippen LogP) is 2.95. The van der Waals surface area contributed by atoms with E-state index in [1.165, 1.54) is 12.1 Å². The lowest BCUT2D eigenvalue weighted by atomic mass is 10.2. The summed E-state index contributed by atoms with van der Waals surface area (Å²) < 4.78 is 14.2. The molecule has 0 radical (unpaired) electrons. The van der Waals surface area contributed by atoms with Gasteiger partial charge >= 0.3 is 0 Å². The van der Waals surface area contributed by atoms with Crippen LogP contribution in [0.2, 0.25) is 19.6 Å². The molecule has 0 N–H and O–H groups in total. The van der Waals surface area contributed by atoms with Crippen molar-refractivity contribution < 1.29 is 9.18 Å². The fourth-order valence-corrected chi connectivity index (χ4v) is 5.15. The molecule has 0 atom stereocenters. The zero-order valence-electron chi connectivity index (χ0n) is 8.40. The van der Waals surface area contributed by atoms with E-state index in [0.29, 0.717) is 15.2 Å². The Kier molecular flexibility index (Phi) is 3.27. The van der Waals surface area contributed by atoms with Crippen LogP contribution in [0.4, 0.5) is 4.39 Å². The number of hydrogen-bond donors (Lipinski definition) is 0. The molecule has 0 heterocycles. The van der Waals surface area contributed by atoms with Crippen LogP contribution in [-0.2, 0) is 0 Å². The number of halogens is 2. The molecular weight excluding hydrogens is 263 g/mol. The van der Waals surface area contributed by atoms with Crippen LogP contribution < -0.4 is 5.19 Å². The second-order valence-corrected chi connectivity index (χ2v) is 9.99. The monoisotopic (exact) mass is 274 g/mol. The number of carbonyl (C=O) groups is 1. The highest BCUT2D eigenvalue weighted by Gasteiger charge is 2.24. The summed E-state index contributed by atoms with van der Waals surface area (Å²) in [6.07, 6.45) is 0.743. The molecular formula is C10H12BrFOSi. The topological polar surface area (TPSA) is 17.1 Å². The summed E-state index contributed by atoms with van der Waals surface area (Å²) in [7, 11) is -1.75. The highest BCUT2D eigenvalue weighted by atomic mass is 79.9. The first-order chi connectivity index (χ1) is 6.38. The third-order valence-electron chi connectivity index (χ3n) is 2.00. The lowest BCUT2D eigenvalue weighted by Gasteiger charge is -2.20. The van der Waals surface area contributed by atoms with Gasteiger partial charge in [-0.25, -0.2) is 4.39 Å². The summed E-state index contributed by atoms with van der Waals surface area (Å²) in [5.74, 6) is -0.221. The van der Waals surface area contributed by atoms with E-state index in [2.05, 4.69) is 15.9 Å². The molecule has 0 bridgehead atoms. The quantitative estimate of drug-likeness (QED) is 0.599. The van der Waals surface area contributed by atoms with E-state index < -0.39 is 8.07 Å². The molecule has 0 fully saturated rings. The van der Waals surface area contributed by atoms with Gasteiger partial charge in [-0.05, 0) is 17.3 Å². The Labute approximate surface area is 92.5 Å². The van der Waals surface area contributed by atoms with Gasteiger partial charge in [0.15, 0.2) is 6.29 Å². The fourth-order valence-electron chi connectivity index (χ4n) is 1.35. The molecule has 1 nitrogen and oxygen atoms in total. The van der Waals surface area contributed by atoms with Crippen molar-refractivity contribution in [1.82, 2.24) is 0 Å². The molecule has 0 amide bonds. The Balaban J connectivity index is 3.48. The Morgan fingerprint density at radius 3 is 2.36 bits per heavy atom. The molecule has 76 valence electrons. The van der Waals surface area contributed by atoms with Crippen molar-refractivity contribution in [3.8, 4) is 0 Å². The lowest BCUT2D eigenvalue weighted by molar-refractivity contribution is 0.112. The third-order valence-corrected chi connectivity index (χ3v) is 5.21. The van der Waals surface area contributed by atoms with Crippen molar-refractivity contribution in [2.45, 2.75) is 19.6 Å². The summed E-state index contributed by atoms with van der Waals surface area (Å²) in [5.41, 5.74) is 0.517. The van der Waals surface area contributed by atoms with Gasteiger partial charge in [0.2, 0.25) is 0 Å². The molecule has 0 spiro atoms. The van der Waals surface area contributed by atoms with E-state index in [-0.39, 0.29) is 5.82 Å². The van der Waals surface area contributed by atoms with Crippen LogP contribution in [-0.4, -0.2) is 14.4 Å². The number of aldehydes is 1. The molecule has 0 aliphatic rings. The van der Waals surface area contributed by atoms with E-state index in [1.54, 1.807) is 0 Å². The van der Waals surface area contributed by atoms with Gasteiger partial charge in [0, 0.05) is 10.0 Å². The molecule has 1 rings (SSSR count). The van der Waals surface area contributed by atoms with Crippen LogP contribution in [0, 0.1) is 5.82 Å². The minimum atomic E-state index is -1.75. The fraction of sp³-hybridized carbons (Fsp3) is 0.300. The average molecular weight is 275 g/mol. The van der Waals surface area contributed by atoms with Crippen molar-refractivity contribution in [1.29, 1.82) is 0 Å². The predicted molar refractivity (Wildman–Crippen MR) is 62.5 cm³/mol. The first-order valence-corrected chi connectivity index (χ1v) is 8.61. The first kappa shape index (κ1) is 11.6. The highest BCUT2D eigenvalue weighted by Crippen LogP contribution is 2.19. The lowest BCUT2D eigenvalue weighted by Crippen LogP contribution is -2.41. The van der Waals surface area contributed by atoms with Crippen LogP contribution in [0.5, 0.6) is 0 Å². The van der Waals surface area contributed by atoms with Gasteiger partial charge in [0.25, 0.3) is 0 Å². The van der Waals surface area contributed by atoms with Gasteiger partial charge in [0.1, 0.15) is 5.82 Å². The number of hydrogen-bond acceptors (Lipinski definition) is 1. The zero-order valence-corrected chi connectivity index (χ0v) is 11.0. The largest absolute Gasteiger partial charge is 0.298 e. The number of carbonyl (C=O) groups excluding carboxylic acids is 1. The van der Waals surface area contributed by atoms with Gasteiger partial charge in [-0.15, -0.1) is 0 Å². The normalized spacial score (nSPS) is 11.5. The second kappa shape index (κ2) is 3.94. The molecule has 0 aromatic heterocycles. The van der Waals surface area contributed by atoms with E-state index in [4.69, 9.17) is 0 Å². The Morgan fingerprint density at radius 2 is 1.93 bits per heavy atom. The van der Waals surface area contributed by atoms with Crippen LogP contribution in [0.1, 0.15) is 10.4 Å². The van der Waals surface area contributed by atoms with Crippen LogP contribution >= 0.6 is 15.9 Å². The molecule has 0 saturated carbocycles. The van der Waals surface area contributed by atoms with Crippen molar-refractivity contribution in [2.75, 3.05) is 0 Å². The van der Waals surface area contributed by atoms with Crippen molar-refractivity contribution >= 4 is 35.5 Å². The molecule has 4 heteroatoms. The second-order valence-electron chi connectivity index (χ2n) is 4.19. The van der Waals surface area contributed by atoms with Crippen molar-refractivity contribution in [3.63, 3.8) is 0 Å². The molecule has 1 aromatic rings. The van der Waals surface area contributed by atoms with Gasteiger partial charge in [0.05, 0.1) is 8.07 Å². The summed E-state index contributed by atoms with van der Waals surface area (Å²) in [4.78, 5) is 10.7. The summed E-state index contributed by atoms with van der Waals surface area (Å²) in [6.45, 7) is 6.14. The maximum absolute atomic E-state index is 13.6. The van der Waals surface area contributed by atoms with Gasteiger partial charge in [-0.3, -0.25) is 4.79 Å². The SMILES string of the molecule is C[Si](C)(C)c1c(F)ccc(C=O)c1Br. The minimum absolute atomic E-state index is 0.221. The molecule has 14 heavy (non-hydrogen) atoms. The van der Waals surface area contributed by atoms with Crippen LogP contribution in [0.15, 0.2) is 16.6 Å². The van der Waals surface area contributed by atoms with Crippen molar-refractivity contribution in [3.05, 3.63) is 28.0 Å². The van der Waals surface area contributed by atoms with Gasteiger partial charge in [-0.1, -0.05) is 35.6 Å². The van der Waals surface area contributed by atoms with Crippen LogP contribution in [0.3, 0.4) is 0 Å². The van der Waals surface area contributed by atoms with E-state index in [1.807, 2.05) is 19.6 Å². The molecule has 1 aromatic carbocycles. The average Bonchev–Trinajstić information content (AvgIpc) is 2.02. The van der Waals surface area contributed by atoms with Crippen molar-refractivity contribution in [2.24, 2.45) is 0 Å². The first-order valence-electron chi connectivity index (χ1n) is 4.31. The molecule has 0 saturated heterocycles. The zero-order chi connectivity index (χ0) is 10.9. The van der Waals surface area contributed by atoms with E-state index in [9.17, 15) is 9.18 Å². The van der Waals surface area contributed by atoms with Crippen LogP contribution in [0.25, 0.3) is 0 Å². The maximum atomic E-state index is 13.6. The molecule has 0 aliphatic carbocycles. The maximum Gasteiger partial charge on any atom is 0.151 e. The Bertz CT molecular complexity index is 371. The smallest absolute Gasteiger partial charge is 0.151 e.